The van der Waals surface area contributed by atoms with E-state index in [9.17, 15) is 9.59 Å². The smallest absolute Gasteiger partial charge is 0.228 e. The number of hydrogen-bond donors (Lipinski definition) is 2. The third-order valence-corrected chi connectivity index (χ3v) is 5.12. The predicted octanol–water partition coefficient (Wildman–Crippen LogP) is 3.51. The maximum atomic E-state index is 12.3. The number of carbonyl (C=O) groups is 2. The molecule has 1 heterocycles. The summed E-state index contributed by atoms with van der Waals surface area (Å²) in [5, 5.41) is 5.73. The maximum absolute atomic E-state index is 12.3. The first kappa shape index (κ1) is 16.9. The molecule has 1 aromatic rings. The van der Waals surface area contributed by atoms with Crippen LogP contribution >= 0.6 is 0 Å². The summed E-state index contributed by atoms with van der Waals surface area (Å²) in [6, 6.07) is 1.64. The van der Waals surface area contributed by atoms with E-state index >= 15 is 0 Å². The summed E-state index contributed by atoms with van der Waals surface area (Å²) in [5.41, 5.74) is 0. The van der Waals surface area contributed by atoms with Crippen LogP contribution in [0.2, 0.25) is 0 Å². The molecule has 0 spiro atoms. The van der Waals surface area contributed by atoms with Gasteiger partial charge < -0.3 is 10.6 Å². The summed E-state index contributed by atoms with van der Waals surface area (Å²) >= 11 is 0. The fourth-order valence-corrected chi connectivity index (χ4v) is 3.68. The number of hydrogen-bond acceptors (Lipinski definition) is 4. The molecule has 3 rings (SSSR count). The standard InChI is InChI=1S/C18H26N4O2/c23-17(13-7-3-1-4-8-13)21-15-11-16(20-12-19-15)22-18(24)14-9-5-2-6-10-14/h11-14H,1-10H2,(H2,19,20,21,22,23,24). The van der Waals surface area contributed by atoms with Gasteiger partial charge in [0.2, 0.25) is 11.8 Å². The van der Waals surface area contributed by atoms with Crippen molar-refractivity contribution >= 4 is 23.5 Å². The molecule has 6 heteroatoms. The van der Waals surface area contributed by atoms with Crippen LogP contribution in [0.1, 0.15) is 64.2 Å². The molecule has 0 saturated heterocycles. The minimum Gasteiger partial charge on any atom is -0.310 e. The number of aromatic nitrogens is 2. The molecule has 1 aromatic heterocycles. The Bertz CT molecular complexity index is 531. The summed E-state index contributed by atoms with van der Waals surface area (Å²) in [6.07, 6.45) is 12.1. The van der Waals surface area contributed by atoms with Crippen LogP contribution in [0, 0.1) is 11.8 Å². The van der Waals surface area contributed by atoms with Gasteiger partial charge in [0.1, 0.15) is 18.0 Å². The highest BCUT2D eigenvalue weighted by atomic mass is 16.2. The van der Waals surface area contributed by atoms with E-state index < -0.39 is 0 Å². The van der Waals surface area contributed by atoms with E-state index in [0.717, 1.165) is 51.4 Å². The van der Waals surface area contributed by atoms with Crippen molar-refractivity contribution in [1.29, 1.82) is 0 Å². The van der Waals surface area contributed by atoms with E-state index in [4.69, 9.17) is 0 Å². The van der Waals surface area contributed by atoms with Gasteiger partial charge in [-0.1, -0.05) is 38.5 Å². The molecule has 6 nitrogen and oxygen atoms in total. The molecule has 130 valence electrons. The third kappa shape index (κ3) is 4.52. The summed E-state index contributed by atoms with van der Waals surface area (Å²) < 4.78 is 0. The second-order valence-electron chi connectivity index (χ2n) is 6.94. The Balaban J connectivity index is 1.57. The molecule has 0 unspecified atom stereocenters. The molecule has 0 aliphatic heterocycles. The molecule has 2 aliphatic rings. The van der Waals surface area contributed by atoms with Crippen LogP contribution in [-0.2, 0) is 9.59 Å². The van der Waals surface area contributed by atoms with Crippen LogP contribution in [0.5, 0.6) is 0 Å². The van der Waals surface area contributed by atoms with Gasteiger partial charge in [0.15, 0.2) is 0 Å². The zero-order valence-corrected chi connectivity index (χ0v) is 14.1. The van der Waals surface area contributed by atoms with Gasteiger partial charge in [0.05, 0.1) is 0 Å². The summed E-state index contributed by atoms with van der Waals surface area (Å²) in [5.74, 6) is 1.12. The highest BCUT2D eigenvalue weighted by Gasteiger charge is 2.23. The van der Waals surface area contributed by atoms with Crippen LogP contribution in [-0.4, -0.2) is 21.8 Å². The molecule has 0 aromatic carbocycles. The van der Waals surface area contributed by atoms with Crippen molar-refractivity contribution < 1.29 is 9.59 Å². The number of nitrogens with zero attached hydrogens (tertiary/aromatic N) is 2. The Hall–Kier alpha value is -1.98. The van der Waals surface area contributed by atoms with Crippen molar-refractivity contribution in [3.63, 3.8) is 0 Å². The van der Waals surface area contributed by atoms with Crippen LogP contribution in [0.4, 0.5) is 11.6 Å². The quantitative estimate of drug-likeness (QED) is 0.885. The Morgan fingerprint density at radius 3 is 1.58 bits per heavy atom. The van der Waals surface area contributed by atoms with E-state index in [1.54, 1.807) is 6.07 Å². The van der Waals surface area contributed by atoms with Crippen molar-refractivity contribution in [3.8, 4) is 0 Å². The van der Waals surface area contributed by atoms with Crippen molar-refractivity contribution in [2.24, 2.45) is 11.8 Å². The average Bonchev–Trinajstić information content (AvgIpc) is 2.63. The molecule has 2 amide bonds. The van der Waals surface area contributed by atoms with Gasteiger partial charge in [0.25, 0.3) is 0 Å². The van der Waals surface area contributed by atoms with Gasteiger partial charge in [-0.05, 0) is 25.7 Å². The van der Waals surface area contributed by atoms with Crippen LogP contribution in [0.15, 0.2) is 12.4 Å². The Morgan fingerprint density at radius 1 is 0.750 bits per heavy atom. The van der Waals surface area contributed by atoms with Gasteiger partial charge in [-0.25, -0.2) is 9.97 Å². The lowest BCUT2D eigenvalue weighted by molar-refractivity contribution is -0.121. The molecule has 2 aliphatic carbocycles. The monoisotopic (exact) mass is 330 g/mol. The second kappa shape index (κ2) is 8.22. The molecular weight excluding hydrogens is 304 g/mol. The van der Waals surface area contributed by atoms with E-state index in [1.807, 2.05) is 0 Å². The highest BCUT2D eigenvalue weighted by Crippen LogP contribution is 2.26. The fourth-order valence-electron chi connectivity index (χ4n) is 3.68. The number of amides is 2. The fraction of sp³-hybridized carbons (Fsp3) is 0.667. The van der Waals surface area contributed by atoms with Crippen molar-refractivity contribution in [1.82, 2.24) is 9.97 Å². The lowest BCUT2D eigenvalue weighted by Gasteiger charge is -2.21. The topological polar surface area (TPSA) is 84.0 Å². The molecule has 0 radical (unpaired) electrons. The van der Waals surface area contributed by atoms with Crippen LogP contribution in [0.25, 0.3) is 0 Å². The summed E-state index contributed by atoms with van der Waals surface area (Å²) in [7, 11) is 0. The molecule has 24 heavy (non-hydrogen) atoms. The predicted molar refractivity (Wildman–Crippen MR) is 92.4 cm³/mol. The molecule has 0 bridgehead atoms. The molecule has 0 atom stereocenters. The van der Waals surface area contributed by atoms with E-state index in [1.165, 1.54) is 19.2 Å². The number of rotatable bonds is 4. The van der Waals surface area contributed by atoms with Gasteiger partial charge in [-0.3, -0.25) is 9.59 Å². The zero-order chi connectivity index (χ0) is 16.8. The van der Waals surface area contributed by atoms with Gasteiger partial charge in [-0.2, -0.15) is 0 Å². The van der Waals surface area contributed by atoms with E-state index in [0.29, 0.717) is 11.6 Å². The van der Waals surface area contributed by atoms with E-state index in [-0.39, 0.29) is 23.7 Å². The Kier molecular flexibility index (Phi) is 5.77. The third-order valence-electron chi connectivity index (χ3n) is 5.12. The second-order valence-corrected chi connectivity index (χ2v) is 6.94. The van der Waals surface area contributed by atoms with Crippen LogP contribution < -0.4 is 10.6 Å². The number of carbonyl (C=O) groups excluding carboxylic acids is 2. The Labute approximate surface area is 142 Å². The van der Waals surface area contributed by atoms with E-state index in [2.05, 4.69) is 20.6 Å². The van der Waals surface area contributed by atoms with Gasteiger partial charge in [0, 0.05) is 17.9 Å². The SMILES string of the molecule is O=C(Nc1cc(NC(=O)C2CCCCC2)ncn1)C1CCCCC1. The number of anilines is 2. The summed E-state index contributed by atoms with van der Waals surface area (Å²) in [6.45, 7) is 0. The molecule has 2 saturated carbocycles. The molecule has 2 fully saturated rings. The minimum atomic E-state index is 0.0259. The first-order chi connectivity index (χ1) is 11.7. The van der Waals surface area contributed by atoms with Crippen molar-refractivity contribution in [2.45, 2.75) is 64.2 Å². The zero-order valence-electron chi connectivity index (χ0n) is 14.1. The normalized spacial score (nSPS) is 19.7. The summed E-state index contributed by atoms with van der Waals surface area (Å²) in [4.78, 5) is 32.8. The van der Waals surface area contributed by atoms with Crippen LogP contribution in [0.3, 0.4) is 0 Å². The minimum absolute atomic E-state index is 0.0259. The van der Waals surface area contributed by atoms with Gasteiger partial charge >= 0.3 is 0 Å². The lowest BCUT2D eigenvalue weighted by atomic mass is 9.88. The highest BCUT2D eigenvalue weighted by molar-refractivity contribution is 5.94. The first-order valence-corrected chi connectivity index (χ1v) is 9.16. The average molecular weight is 330 g/mol. The van der Waals surface area contributed by atoms with Crippen molar-refractivity contribution in [2.75, 3.05) is 10.6 Å². The lowest BCUT2D eigenvalue weighted by Crippen LogP contribution is -2.26. The number of nitrogens with one attached hydrogen (secondary N) is 2. The largest absolute Gasteiger partial charge is 0.310 e. The molecular formula is C18H26N4O2. The maximum Gasteiger partial charge on any atom is 0.228 e. The first-order valence-electron chi connectivity index (χ1n) is 9.16. The molecule has 2 N–H and O–H groups in total. The van der Waals surface area contributed by atoms with Crippen molar-refractivity contribution in [3.05, 3.63) is 12.4 Å². The Morgan fingerprint density at radius 2 is 1.17 bits per heavy atom. The van der Waals surface area contributed by atoms with Gasteiger partial charge in [-0.15, -0.1) is 0 Å².